The first kappa shape index (κ1) is 42.7. The second kappa shape index (κ2) is 28.7. The first-order valence-corrected chi connectivity index (χ1v) is 18.6. The summed E-state index contributed by atoms with van der Waals surface area (Å²) in [4.78, 5) is 25.0. The van der Waals surface area contributed by atoms with Crippen molar-refractivity contribution in [3.63, 3.8) is 0 Å². The normalized spacial score (nSPS) is 22.1. The number of rotatable bonds is 30. The fourth-order valence-corrected chi connectivity index (χ4v) is 5.72. The molecule has 0 saturated carbocycles. The number of carbonyl (C=O) groups is 2. The van der Waals surface area contributed by atoms with E-state index in [1.807, 2.05) is 0 Å². The van der Waals surface area contributed by atoms with Crippen LogP contribution in [0.5, 0.6) is 0 Å². The van der Waals surface area contributed by atoms with Crippen molar-refractivity contribution in [2.75, 3.05) is 19.8 Å². The number of aliphatic hydroxyl groups excluding tert-OH is 4. The van der Waals surface area contributed by atoms with Gasteiger partial charge in [-0.15, -0.1) is 0 Å². The van der Waals surface area contributed by atoms with Gasteiger partial charge < -0.3 is 39.4 Å². The van der Waals surface area contributed by atoms with E-state index in [0.29, 0.717) is 6.42 Å². The lowest BCUT2D eigenvalue weighted by Gasteiger charge is -2.39. The number of esters is 2. The highest BCUT2D eigenvalue weighted by Gasteiger charge is 2.44. The first-order valence-electron chi connectivity index (χ1n) is 18.6. The Morgan fingerprint density at radius 1 is 0.587 bits per heavy atom. The van der Waals surface area contributed by atoms with Crippen molar-refractivity contribution < 1.29 is 49.0 Å². The maximum atomic E-state index is 12.6. The summed E-state index contributed by atoms with van der Waals surface area (Å²) in [5.74, 6) is -0.807. The molecule has 0 aromatic heterocycles. The van der Waals surface area contributed by atoms with Gasteiger partial charge in [-0.05, 0) is 12.8 Å². The molecule has 0 amide bonds. The Morgan fingerprint density at radius 2 is 1.02 bits per heavy atom. The summed E-state index contributed by atoms with van der Waals surface area (Å²) < 4.78 is 21.9. The average molecular weight is 661 g/mol. The standard InChI is InChI=1S/C36H68O10/c1-3-5-7-9-11-12-13-14-15-16-17-19-20-22-24-31(38)43-27-29(45-32(39)25-23-21-18-10-8-6-4-2)28-44-36-35(42)34(41)33(40)30(26-37)46-36/h29-30,33-37,40-42H,3-28H2,1-2H3/t29-,30-,33+,34?,35?,36-/m0/s1. The highest BCUT2D eigenvalue weighted by Crippen LogP contribution is 2.22. The maximum absolute atomic E-state index is 12.6. The Balaban J connectivity index is 2.36. The molecule has 46 heavy (non-hydrogen) atoms. The van der Waals surface area contributed by atoms with Gasteiger partial charge in [-0.25, -0.2) is 0 Å². The molecule has 2 unspecified atom stereocenters. The van der Waals surface area contributed by atoms with Crippen molar-refractivity contribution >= 4 is 11.9 Å². The summed E-state index contributed by atoms with van der Waals surface area (Å²) >= 11 is 0. The van der Waals surface area contributed by atoms with E-state index < -0.39 is 49.4 Å². The van der Waals surface area contributed by atoms with Gasteiger partial charge in [0.15, 0.2) is 12.4 Å². The Kier molecular flexibility index (Phi) is 26.6. The molecule has 1 rings (SSSR count). The topological polar surface area (TPSA) is 152 Å². The van der Waals surface area contributed by atoms with E-state index in [4.69, 9.17) is 18.9 Å². The smallest absolute Gasteiger partial charge is 0.306 e. The van der Waals surface area contributed by atoms with Gasteiger partial charge in [0.2, 0.25) is 0 Å². The van der Waals surface area contributed by atoms with Gasteiger partial charge in [-0.3, -0.25) is 9.59 Å². The van der Waals surface area contributed by atoms with Gasteiger partial charge in [0.05, 0.1) is 13.2 Å². The van der Waals surface area contributed by atoms with E-state index in [2.05, 4.69) is 13.8 Å². The minimum Gasteiger partial charge on any atom is -0.462 e. The Labute approximate surface area is 278 Å². The van der Waals surface area contributed by atoms with Crippen LogP contribution in [0.25, 0.3) is 0 Å². The summed E-state index contributed by atoms with van der Waals surface area (Å²) in [7, 11) is 0. The van der Waals surface area contributed by atoms with Gasteiger partial charge in [0.1, 0.15) is 31.0 Å². The highest BCUT2D eigenvalue weighted by atomic mass is 16.7. The Morgan fingerprint density at radius 3 is 1.48 bits per heavy atom. The molecular formula is C36H68O10. The molecule has 10 heteroatoms. The number of hydrogen-bond donors (Lipinski definition) is 4. The van der Waals surface area contributed by atoms with E-state index in [0.717, 1.165) is 38.5 Å². The molecule has 4 N–H and O–H groups in total. The van der Waals surface area contributed by atoms with Crippen LogP contribution in [0.3, 0.4) is 0 Å². The van der Waals surface area contributed by atoms with Gasteiger partial charge in [-0.2, -0.15) is 0 Å². The van der Waals surface area contributed by atoms with Crippen LogP contribution in [0.2, 0.25) is 0 Å². The molecular weight excluding hydrogens is 592 g/mol. The number of ether oxygens (including phenoxy) is 4. The van der Waals surface area contributed by atoms with E-state index >= 15 is 0 Å². The van der Waals surface area contributed by atoms with E-state index in [9.17, 15) is 30.0 Å². The van der Waals surface area contributed by atoms with Crippen molar-refractivity contribution in [1.29, 1.82) is 0 Å². The van der Waals surface area contributed by atoms with Crippen molar-refractivity contribution in [3.8, 4) is 0 Å². The van der Waals surface area contributed by atoms with Gasteiger partial charge >= 0.3 is 11.9 Å². The van der Waals surface area contributed by atoms with Crippen LogP contribution < -0.4 is 0 Å². The molecule has 0 bridgehead atoms. The van der Waals surface area contributed by atoms with Crippen molar-refractivity contribution in [2.45, 2.75) is 198 Å². The molecule has 1 aliphatic rings. The van der Waals surface area contributed by atoms with Crippen molar-refractivity contribution in [3.05, 3.63) is 0 Å². The third-order valence-corrected chi connectivity index (χ3v) is 8.74. The lowest BCUT2D eigenvalue weighted by molar-refractivity contribution is -0.305. The molecule has 0 radical (unpaired) electrons. The van der Waals surface area contributed by atoms with Gasteiger partial charge in [0, 0.05) is 12.8 Å². The molecule has 0 aromatic rings. The quantitative estimate of drug-likeness (QED) is 0.0512. The van der Waals surface area contributed by atoms with Crippen LogP contribution >= 0.6 is 0 Å². The number of hydrogen-bond acceptors (Lipinski definition) is 10. The monoisotopic (exact) mass is 660 g/mol. The Bertz CT molecular complexity index is 734. The Hall–Kier alpha value is -1.30. The second-order valence-corrected chi connectivity index (χ2v) is 13.0. The molecule has 0 aliphatic carbocycles. The first-order chi connectivity index (χ1) is 22.3. The molecule has 272 valence electrons. The number of unbranched alkanes of at least 4 members (excludes halogenated alkanes) is 19. The van der Waals surface area contributed by atoms with E-state index in [1.165, 1.54) is 89.9 Å². The van der Waals surface area contributed by atoms with Crippen LogP contribution in [-0.4, -0.2) is 89.0 Å². The third kappa shape index (κ3) is 20.8. The lowest BCUT2D eigenvalue weighted by Crippen LogP contribution is -2.59. The number of carbonyl (C=O) groups excluding carboxylic acids is 2. The van der Waals surface area contributed by atoms with Crippen LogP contribution in [0.4, 0.5) is 0 Å². The van der Waals surface area contributed by atoms with Crippen LogP contribution in [0.1, 0.15) is 162 Å². The highest BCUT2D eigenvalue weighted by molar-refractivity contribution is 5.70. The van der Waals surface area contributed by atoms with Crippen LogP contribution in [0, 0.1) is 0 Å². The molecule has 0 spiro atoms. The van der Waals surface area contributed by atoms with Crippen molar-refractivity contribution in [2.24, 2.45) is 0 Å². The summed E-state index contributed by atoms with van der Waals surface area (Å²) in [5, 5.41) is 39.7. The largest absolute Gasteiger partial charge is 0.462 e. The van der Waals surface area contributed by atoms with Gasteiger partial charge in [-0.1, -0.05) is 136 Å². The molecule has 10 nitrogen and oxygen atoms in total. The minimum atomic E-state index is -1.59. The van der Waals surface area contributed by atoms with E-state index in [1.54, 1.807) is 0 Å². The predicted molar refractivity (Wildman–Crippen MR) is 178 cm³/mol. The van der Waals surface area contributed by atoms with Gasteiger partial charge in [0.25, 0.3) is 0 Å². The predicted octanol–water partition coefficient (Wildman–Crippen LogP) is 6.27. The summed E-state index contributed by atoms with van der Waals surface area (Å²) in [6.45, 7) is 3.36. The summed E-state index contributed by atoms with van der Waals surface area (Å²) in [6, 6.07) is 0. The second-order valence-electron chi connectivity index (χ2n) is 13.0. The lowest BCUT2D eigenvalue weighted by atomic mass is 9.99. The molecule has 0 aromatic carbocycles. The van der Waals surface area contributed by atoms with E-state index in [-0.39, 0.29) is 32.0 Å². The fraction of sp³-hybridized carbons (Fsp3) is 0.944. The summed E-state index contributed by atoms with van der Waals surface area (Å²) in [5.41, 5.74) is 0. The molecule has 1 saturated heterocycles. The molecule has 1 fully saturated rings. The molecule has 1 aliphatic heterocycles. The minimum absolute atomic E-state index is 0.211. The fourth-order valence-electron chi connectivity index (χ4n) is 5.72. The number of aliphatic hydroxyl groups is 4. The SMILES string of the molecule is CCCCCCCCCCCCCCCCC(=O)OC[C@@H](CO[C@H]1O[C@@H](CO)[C@@H](O)C(O)C1O)OC(=O)CCCCCCCCC. The zero-order chi connectivity index (χ0) is 33.8. The van der Waals surface area contributed by atoms with Crippen LogP contribution in [0.15, 0.2) is 0 Å². The molecule has 1 heterocycles. The van der Waals surface area contributed by atoms with Crippen LogP contribution in [-0.2, 0) is 28.5 Å². The third-order valence-electron chi connectivity index (χ3n) is 8.74. The maximum Gasteiger partial charge on any atom is 0.306 e. The molecule has 6 atom stereocenters. The average Bonchev–Trinajstić information content (AvgIpc) is 3.05. The van der Waals surface area contributed by atoms with Crippen molar-refractivity contribution in [1.82, 2.24) is 0 Å². The zero-order valence-electron chi connectivity index (χ0n) is 29.1. The summed E-state index contributed by atoms with van der Waals surface area (Å²) in [6.07, 6.45) is 17.1. The zero-order valence-corrected chi connectivity index (χ0v) is 29.1.